The van der Waals surface area contributed by atoms with Crippen molar-refractivity contribution in [3.05, 3.63) is 33.4 Å². The molecule has 1 unspecified atom stereocenters. The van der Waals surface area contributed by atoms with E-state index in [0.717, 1.165) is 37.7 Å². The highest BCUT2D eigenvalue weighted by atomic mass is 16.9. The number of carbonyl (C=O) groups excluding carboxylic acids is 1. The van der Waals surface area contributed by atoms with Gasteiger partial charge in [0.2, 0.25) is 0 Å². The summed E-state index contributed by atoms with van der Waals surface area (Å²) in [6, 6.07) is 3.50. The highest BCUT2D eigenvalue weighted by Gasteiger charge is 2.52. The van der Waals surface area contributed by atoms with Crippen LogP contribution in [0.2, 0.25) is 0 Å². The van der Waals surface area contributed by atoms with Gasteiger partial charge in [-0.25, -0.2) is 0 Å². The minimum Gasteiger partial charge on any atom is -0.508 e. The molecule has 3 aliphatic rings. The van der Waals surface area contributed by atoms with Crippen LogP contribution in [0.5, 0.6) is 11.5 Å². The van der Waals surface area contributed by atoms with Gasteiger partial charge in [0, 0.05) is 23.8 Å². The largest absolute Gasteiger partial charge is 0.508 e. The first-order valence-electron chi connectivity index (χ1n) is 11.0. The van der Waals surface area contributed by atoms with E-state index in [1.807, 2.05) is 0 Å². The number of carbonyl (C=O) groups is 1. The first kappa shape index (κ1) is 22.4. The Hall–Kier alpha value is -2.31. The summed E-state index contributed by atoms with van der Waals surface area (Å²) in [5, 5.41) is 30.9. The van der Waals surface area contributed by atoms with Crippen molar-refractivity contribution in [2.75, 3.05) is 6.61 Å². The van der Waals surface area contributed by atoms with Gasteiger partial charge in [-0.15, -0.1) is 10.1 Å². The number of phenols is 2. The number of hydrogen-bond donors (Lipinski definition) is 2. The van der Waals surface area contributed by atoms with Gasteiger partial charge in [-0.2, -0.15) is 0 Å². The SMILES string of the molecule is C[C@H]1C2C[C@H]1C(=O)C[C@H]2c1c(O)cc(C(C)(C)CCCCCCO[N+](=O)[O-])cc1O. The fourth-order valence-electron chi connectivity index (χ4n) is 5.32. The second-order valence-corrected chi connectivity index (χ2v) is 9.68. The molecule has 0 radical (unpaired) electrons. The third-order valence-electron chi connectivity index (χ3n) is 7.37. The van der Waals surface area contributed by atoms with E-state index >= 15 is 0 Å². The summed E-state index contributed by atoms with van der Waals surface area (Å²) in [6.07, 6.45) is 5.52. The third kappa shape index (κ3) is 4.55. The van der Waals surface area contributed by atoms with Gasteiger partial charge in [0.25, 0.3) is 5.09 Å². The van der Waals surface area contributed by atoms with Gasteiger partial charge < -0.3 is 15.1 Å². The Bertz CT molecular complexity index is 782. The van der Waals surface area contributed by atoms with Crippen molar-refractivity contribution >= 4 is 5.78 Å². The second-order valence-electron chi connectivity index (χ2n) is 9.68. The molecule has 3 fully saturated rings. The molecule has 0 saturated heterocycles. The number of fused-ring (bicyclic) bond motifs is 2. The van der Waals surface area contributed by atoms with Gasteiger partial charge in [-0.3, -0.25) is 4.79 Å². The minimum atomic E-state index is -0.765. The number of rotatable bonds is 10. The topological polar surface area (TPSA) is 110 Å². The number of ketones is 1. The lowest BCUT2D eigenvalue weighted by Gasteiger charge is -2.51. The van der Waals surface area contributed by atoms with Gasteiger partial charge in [0.1, 0.15) is 17.3 Å². The van der Waals surface area contributed by atoms with E-state index in [2.05, 4.69) is 25.6 Å². The van der Waals surface area contributed by atoms with Gasteiger partial charge in [-0.05, 0) is 54.2 Å². The maximum atomic E-state index is 12.3. The maximum absolute atomic E-state index is 12.3. The summed E-state index contributed by atoms with van der Waals surface area (Å²) in [4.78, 5) is 26.8. The molecular formula is C23H33NO6. The van der Waals surface area contributed by atoms with Gasteiger partial charge in [0.05, 0.1) is 6.61 Å². The molecule has 0 aliphatic heterocycles. The zero-order valence-corrected chi connectivity index (χ0v) is 18.1. The Morgan fingerprint density at radius 1 is 1.13 bits per heavy atom. The van der Waals surface area contributed by atoms with Crippen molar-refractivity contribution in [3.8, 4) is 11.5 Å². The number of phenolic OH excluding ortho intramolecular Hbond substituents is 2. The zero-order valence-electron chi connectivity index (χ0n) is 18.1. The number of Topliss-reactive ketones (excluding diaryl/α,β-unsaturated/α-hetero) is 1. The molecule has 1 aromatic rings. The molecule has 0 heterocycles. The van der Waals surface area contributed by atoms with Crippen LogP contribution in [-0.4, -0.2) is 27.7 Å². The number of aromatic hydroxyl groups is 2. The first-order chi connectivity index (χ1) is 14.1. The smallest absolute Gasteiger partial charge is 0.294 e. The maximum Gasteiger partial charge on any atom is 0.294 e. The standard InChI is InChI=1S/C23H33NO6/c1-14-16-12-17(14)19(25)13-18(16)22-20(26)10-15(11-21(22)27)23(2,3)8-6-4-5-7-9-30-24(28)29/h10-11,14,16-18,26-27H,4-9,12-13H2,1-3H3/t14-,16?,17+,18+/m0/s1. The molecule has 1 aromatic carbocycles. The Balaban J connectivity index is 1.61. The minimum absolute atomic E-state index is 0.0883. The lowest BCUT2D eigenvalue weighted by molar-refractivity contribution is -0.757. The molecule has 7 nitrogen and oxygen atoms in total. The van der Waals surface area contributed by atoms with Crippen LogP contribution in [0.1, 0.15) is 82.8 Å². The molecule has 0 amide bonds. The van der Waals surface area contributed by atoms with Crippen molar-refractivity contribution in [2.45, 2.75) is 77.0 Å². The normalized spacial score (nSPS) is 25.6. The van der Waals surface area contributed by atoms with Crippen LogP contribution < -0.4 is 0 Å². The van der Waals surface area contributed by atoms with Crippen LogP contribution >= 0.6 is 0 Å². The summed E-state index contributed by atoms with van der Waals surface area (Å²) in [6.45, 7) is 6.39. The molecule has 7 heteroatoms. The van der Waals surface area contributed by atoms with E-state index in [0.29, 0.717) is 30.2 Å². The van der Waals surface area contributed by atoms with Crippen molar-refractivity contribution < 1.29 is 24.9 Å². The van der Waals surface area contributed by atoms with Gasteiger partial charge in [-0.1, -0.05) is 40.0 Å². The Labute approximate surface area is 177 Å². The van der Waals surface area contributed by atoms with Crippen LogP contribution in [0.15, 0.2) is 12.1 Å². The Morgan fingerprint density at radius 2 is 1.77 bits per heavy atom. The number of hydrogen-bond acceptors (Lipinski definition) is 6. The quantitative estimate of drug-likeness (QED) is 0.318. The predicted molar refractivity (Wildman–Crippen MR) is 112 cm³/mol. The van der Waals surface area contributed by atoms with Gasteiger partial charge >= 0.3 is 0 Å². The monoisotopic (exact) mass is 419 g/mol. The number of benzene rings is 1. The fourth-order valence-corrected chi connectivity index (χ4v) is 5.32. The third-order valence-corrected chi connectivity index (χ3v) is 7.37. The molecular weight excluding hydrogens is 386 g/mol. The van der Waals surface area contributed by atoms with Crippen LogP contribution in [0.4, 0.5) is 0 Å². The number of nitrogens with zero attached hydrogens (tertiary/aromatic N) is 1. The Morgan fingerprint density at radius 3 is 2.33 bits per heavy atom. The highest BCUT2D eigenvalue weighted by Crippen LogP contribution is 2.58. The molecule has 3 saturated carbocycles. The molecule has 30 heavy (non-hydrogen) atoms. The van der Waals surface area contributed by atoms with Crippen molar-refractivity contribution in [3.63, 3.8) is 0 Å². The second kappa shape index (κ2) is 8.82. The first-order valence-corrected chi connectivity index (χ1v) is 11.0. The zero-order chi connectivity index (χ0) is 22.1. The molecule has 2 N–H and O–H groups in total. The Kier molecular flexibility index (Phi) is 6.58. The summed E-state index contributed by atoms with van der Waals surface area (Å²) >= 11 is 0. The van der Waals surface area contributed by atoms with Crippen LogP contribution in [0.25, 0.3) is 0 Å². The fraction of sp³-hybridized carbons (Fsp3) is 0.696. The average molecular weight is 420 g/mol. The van der Waals surface area contributed by atoms with Crippen LogP contribution in [0.3, 0.4) is 0 Å². The van der Waals surface area contributed by atoms with E-state index < -0.39 is 5.09 Å². The van der Waals surface area contributed by atoms with E-state index in [9.17, 15) is 25.1 Å². The van der Waals surface area contributed by atoms with Crippen molar-refractivity contribution in [1.29, 1.82) is 0 Å². The van der Waals surface area contributed by atoms with Gasteiger partial charge in [0.15, 0.2) is 0 Å². The highest BCUT2D eigenvalue weighted by molar-refractivity contribution is 5.85. The van der Waals surface area contributed by atoms with Crippen molar-refractivity contribution in [1.82, 2.24) is 0 Å². The molecule has 3 aliphatic carbocycles. The number of unbranched alkanes of at least 4 members (excludes halogenated alkanes) is 3. The molecule has 166 valence electrons. The summed E-state index contributed by atoms with van der Waals surface area (Å²) < 4.78 is 0. The summed E-state index contributed by atoms with van der Waals surface area (Å²) in [5.74, 6) is 1.16. The summed E-state index contributed by atoms with van der Waals surface area (Å²) in [5.41, 5.74) is 1.17. The predicted octanol–water partition coefficient (Wildman–Crippen LogP) is 4.86. The molecule has 4 rings (SSSR count). The van der Waals surface area contributed by atoms with Crippen LogP contribution in [0, 0.1) is 27.9 Å². The summed E-state index contributed by atoms with van der Waals surface area (Å²) in [7, 11) is 0. The van der Waals surface area contributed by atoms with E-state index in [1.165, 1.54) is 0 Å². The van der Waals surface area contributed by atoms with E-state index in [1.54, 1.807) is 12.1 Å². The molecule has 0 aromatic heterocycles. The average Bonchev–Trinajstić information content (AvgIpc) is 2.65. The molecule has 2 bridgehead atoms. The molecule has 0 spiro atoms. The van der Waals surface area contributed by atoms with Crippen LogP contribution in [-0.2, 0) is 15.0 Å². The van der Waals surface area contributed by atoms with E-state index in [-0.39, 0.29) is 41.1 Å². The van der Waals surface area contributed by atoms with E-state index in [4.69, 9.17) is 0 Å². The lowest BCUT2D eigenvalue weighted by atomic mass is 9.52. The van der Waals surface area contributed by atoms with Crippen molar-refractivity contribution in [2.24, 2.45) is 17.8 Å². The lowest BCUT2D eigenvalue weighted by Crippen LogP contribution is -2.48. The molecule has 4 atom stereocenters.